The zero-order chi connectivity index (χ0) is 13.0. The van der Waals surface area contributed by atoms with Crippen LogP contribution >= 0.6 is 11.3 Å². The van der Waals surface area contributed by atoms with Gasteiger partial charge in [-0.2, -0.15) is 11.3 Å². The summed E-state index contributed by atoms with van der Waals surface area (Å²) in [6.45, 7) is 7.78. The van der Waals surface area contributed by atoms with Crippen molar-refractivity contribution in [3.8, 4) is 0 Å². The highest BCUT2D eigenvalue weighted by Crippen LogP contribution is 2.23. The van der Waals surface area contributed by atoms with Gasteiger partial charge in [0.05, 0.1) is 0 Å². The van der Waals surface area contributed by atoms with Gasteiger partial charge in [0.25, 0.3) is 0 Å². The molecule has 0 aliphatic carbocycles. The molecule has 1 atom stereocenters. The third kappa shape index (κ3) is 3.21. The molecule has 2 aromatic rings. The van der Waals surface area contributed by atoms with Crippen molar-refractivity contribution >= 4 is 11.3 Å². The van der Waals surface area contributed by atoms with Crippen LogP contribution in [0.3, 0.4) is 0 Å². The zero-order valence-electron chi connectivity index (χ0n) is 11.3. The Morgan fingerprint density at radius 3 is 2.50 bits per heavy atom. The Morgan fingerprint density at radius 1 is 1.17 bits per heavy atom. The van der Waals surface area contributed by atoms with Gasteiger partial charge in [0.2, 0.25) is 0 Å². The zero-order valence-corrected chi connectivity index (χ0v) is 12.1. The van der Waals surface area contributed by atoms with Gasteiger partial charge in [-0.3, -0.25) is 0 Å². The van der Waals surface area contributed by atoms with Gasteiger partial charge in [-0.1, -0.05) is 44.2 Å². The van der Waals surface area contributed by atoms with Gasteiger partial charge in [0.1, 0.15) is 0 Å². The summed E-state index contributed by atoms with van der Waals surface area (Å²) in [5.74, 6) is 0. The summed E-state index contributed by atoms with van der Waals surface area (Å²) >= 11 is 1.76. The fraction of sp³-hybridized carbons (Fsp3) is 0.375. The van der Waals surface area contributed by atoms with Crippen molar-refractivity contribution in [2.24, 2.45) is 0 Å². The van der Waals surface area contributed by atoms with E-state index in [1.807, 2.05) is 0 Å². The monoisotopic (exact) mass is 259 g/mol. The summed E-state index contributed by atoms with van der Waals surface area (Å²) in [5.41, 5.74) is 2.92. The van der Waals surface area contributed by atoms with Crippen LogP contribution in [0, 0.1) is 0 Å². The number of hydrogen-bond donors (Lipinski definition) is 1. The van der Waals surface area contributed by atoms with Gasteiger partial charge < -0.3 is 5.32 Å². The normalized spacial score (nSPS) is 13.5. The first kappa shape index (κ1) is 13.3. The molecular weight excluding hydrogens is 238 g/mol. The van der Waals surface area contributed by atoms with E-state index >= 15 is 0 Å². The van der Waals surface area contributed by atoms with Gasteiger partial charge >= 0.3 is 0 Å². The molecular formula is C16H21NS. The molecule has 0 saturated carbocycles. The molecule has 1 aromatic carbocycles. The summed E-state index contributed by atoms with van der Waals surface area (Å²) in [6.07, 6.45) is 0. The minimum absolute atomic E-state index is 0.158. The van der Waals surface area contributed by atoms with Gasteiger partial charge in [0, 0.05) is 18.0 Å². The Bertz CT molecular complexity index is 459. The minimum Gasteiger partial charge on any atom is -0.309 e. The van der Waals surface area contributed by atoms with Crippen LogP contribution in [0.4, 0.5) is 0 Å². The predicted octanol–water partition coefficient (Wildman–Crippen LogP) is 4.38. The van der Waals surface area contributed by atoms with E-state index in [2.05, 4.69) is 73.2 Å². The van der Waals surface area contributed by atoms with Crippen molar-refractivity contribution in [2.75, 3.05) is 6.54 Å². The molecule has 0 aliphatic rings. The lowest BCUT2D eigenvalue weighted by Gasteiger charge is -2.27. The third-order valence-electron chi connectivity index (χ3n) is 3.45. The quantitative estimate of drug-likeness (QED) is 0.840. The van der Waals surface area contributed by atoms with Crippen molar-refractivity contribution in [2.45, 2.75) is 32.2 Å². The Hall–Kier alpha value is -1.12. The average Bonchev–Trinajstić information content (AvgIpc) is 2.91. The molecule has 0 radical (unpaired) electrons. The maximum atomic E-state index is 3.63. The second-order valence-electron chi connectivity index (χ2n) is 5.41. The number of nitrogens with one attached hydrogen (secondary N) is 1. The smallest absolute Gasteiger partial charge is 0.0300 e. The van der Waals surface area contributed by atoms with Crippen LogP contribution in [0.2, 0.25) is 0 Å². The minimum atomic E-state index is 0.158. The first-order valence-electron chi connectivity index (χ1n) is 6.40. The molecule has 1 N–H and O–H groups in total. The Balaban J connectivity index is 1.97. The van der Waals surface area contributed by atoms with Gasteiger partial charge in [-0.05, 0) is 34.9 Å². The molecule has 0 aliphatic heterocycles. The van der Waals surface area contributed by atoms with Crippen LogP contribution in [0.25, 0.3) is 0 Å². The highest BCUT2D eigenvalue weighted by Gasteiger charge is 2.21. The average molecular weight is 259 g/mol. The van der Waals surface area contributed by atoms with Crippen molar-refractivity contribution in [1.82, 2.24) is 5.32 Å². The van der Waals surface area contributed by atoms with E-state index in [4.69, 9.17) is 0 Å². The fourth-order valence-electron chi connectivity index (χ4n) is 2.04. The van der Waals surface area contributed by atoms with Crippen LogP contribution in [0.15, 0.2) is 47.2 Å². The summed E-state index contributed by atoms with van der Waals surface area (Å²) in [7, 11) is 0. The molecule has 0 amide bonds. The topological polar surface area (TPSA) is 12.0 Å². The standard InChI is InChI=1S/C16H21NS/c1-13(14-9-10-18-11-14)17-12-16(2,3)15-7-5-4-6-8-15/h4-11,13,17H,12H2,1-3H3. The van der Waals surface area contributed by atoms with Crippen LogP contribution in [-0.2, 0) is 5.41 Å². The fourth-order valence-corrected chi connectivity index (χ4v) is 2.79. The Morgan fingerprint density at radius 2 is 1.89 bits per heavy atom. The summed E-state index contributed by atoms with van der Waals surface area (Å²) < 4.78 is 0. The highest BCUT2D eigenvalue weighted by atomic mass is 32.1. The molecule has 1 heterocycles. The molecule has 96 valence electrons. The van der Waals surface area contributed by atoms with E-state index < -0.39 is 0 Å². The maximum absolute atomic E-state index is 3.63. The molecule has 2 rings (SSSR count). The van der Waals surface area contributed by atoms with Crippen molar-refractivity contribution in [1.29, 1.82) is 0 Å². The molecule has 1 unspecified atom stereocenters. The van der Waals surface area contributed by atoms with Crippen molar-refractivity contribution in [3.05, 3.63) is 58.3 Å². The number of hydrogen-bond acceptors (Lipinski definition) is 2. The van der Waals surface area contributed by atoms with Crippen LogP contribution in [0.5, 0.6) is 0 Å². The lowest BCUT2D eigenvalue weighted by atomic mass is 9.84. The number of thiophene rings is 1. The SMILES string of the molecule is CC(NCC(C)(C)c1ccccc1)c1ccsc1. The molecule has 18 heavy (non-hydrogen) atoms. The van der Waals surface area contributed by atoms with Gasteiger partial charge in [0.15, 0.2) is 0 Å². The predicted molar refractivity (Wildman–Crippen MR) is 80.2 cm³/mol. The Kier molecular flexibility index (Phi) is 4.20. The third-order valence-corrected chi connectivity index (χ3v) is 4.15. The van der Waals surface area contributed by atoms with E-state index in [1.54, 1.807) is 11.3 Å². The van der Waals surface area contributed by atoms with Gasteiger partial charge in [-0.25, -0.2) is 0 Å². The van der Waals surface area contributed by atoms with E-state index in [0.717, 1.165) is 6.54 Å². The molecule has 1 aromatic heterocycles. The maximum Gasteiger partial charge on any atom is 0.0300 e. The Labute approximate surface area is 114 Å². The van der Waals surface area contributed by atoms with E-state index in [1.165, 1.54) is 11.1 Å². The van der Waals surface area contributed by atoms with E-state index in [9.17, 15) is 0 Å². The van der Waals surface area contributed by atoms with E-state index in [0.29, 0.717) is 6.04 Å². The molecule has 0 fully saturated rings. The second kappa shape index (κ2) is 5.68. The van der Waals surface area contributed by atoms with E-state index in [-0.39, 0.29) is 5.41 Å². The largest absolute Gasteiger partial charge is 0.309 e. The summed E-state index contributed by atoms with van der Waals surface area (Å²) in [4.78, 5) is 0. The number of rotatable bonds is 5. The van der Waals surface area contributed by atoms with Crippen molar-refractivity contribution in [3.63, 3.8) is 0 Å². The molecule has 2 heteroatoms. The lowest BCUT2D eigenvalue weighted by Crippen LogP contribution is -2.34. The van der Waals surface area contributed by atoms with Crippen LogP contribution in [-0.4, -0.2) is 6.54 Å². The summed E-state index contributed by atoms with van der Waals surface area (Å²) in [6, 6.07) is 13.3. The van der Waals surface area contributed by atoms with Crippen molar-refractivity contribution < 1.29 is 0 Å². The summed E-state index contributed by atoms with van der Waals surface area (Å²) in [5, 5.41) is 7.98. The molecule has 0 saturated heterocycles. The lowest BCUT2D eigenvalue weighted by molar-refractivity contribution is 0.436. The highest BCUT2D eigenvalue weighted by molar-refractivity contribution is 7.07. The second-order valence-corrected chi connectivity index (χ2v) is 6.19. The van der Waals surface area contributed by atoms with Gasteiger partial charge in [-0.15, -0.1) is 0 Å². The molecule has 0 bridgehead atoms. The molecule has 1 nitrogen and oxygen atoms in total. The van der Waals surface area contributed by atoms with Crippen LogP contribution in [0.1, 0.15) is 37.9 Å². The number of benzene rings is 1. The first-order chi connectivity index (χ1) is 8.59. The van der Waals surface area contributed by atoms with Crippen LogP contribution < -0.4 is 5.32 Å². The molecule has 0 spiro atoms. The first-order valence-corrected chi connectivity index (χ1v) is 7.35.